The number of halogens is 1. The molecule has 1 aliphatic rings. The molecule has 0 saturated heterocycles. The average Bonchev–Trinajstić information content (AvgIpc) is 2.29. The molecule has 0 spiro atoms. The Balaban J connectivity index is 1.96. The van der Waals surface area contributed by atoms with Gasteiger partial charge in [-0.2, -0.15) is 0 Å². The summed E-state index contributed by atoms with van der Waals surface area (Å²) >= 11 is 3.39. The largest absolute Gasteiger partial charge is 0.469 e. The second-order valence-electron chi connectivity index (χ2n) is 4.49. The first-order valence-corrected chi connectivity index (χ1v) is 6.53. The van der Waals surface area contributed by atoms with Crippen molar-refractivity contribution in [1.82, 2.24) is 0 Å². The number of rotatable bonds is 4. The minimum atomic E-state index is -0.304. The van der Waals surface area contributed by atoms with E-state index in [9.17, 15) is 4.79 Å². The Hall–Kier alpha value is -1.03. The maximum atomic E-state index is 11.7. The lowest BCUT2D eigenvalue weighted by Gasteiger charge is -2.39. The van der Waals surface area contributed by atoms with Gasteiger partial charge in [-0.25, -0.2) is 0 Å². The summed E-state index contributed by atoms with van der Waals surface area (Å²) in [5.74, 6) is -0.0895. The lowest BCUT2D eigenvalue weighted by Crippen LogP contribution is -2.44. The third-order valence-electron chi connectivity index (χ3n) is 3.40. The molecule has 0 amide bonds. The van der Waals surface area contributed by atoms with Crippen LogP contribution >= 0.6 is 15.9 Å². The van der Waals surface area contributed by atoms with E-state index in [-0.39, 0.29) is 11.4 Å². The minimum Gasteiger partial charge on any atom is -0.469 e. The molecule has 0 heterocycles. The molecule has 1 aromatic rings. The molecular weight excluding hydrogens is 282 g/mol. The predicted molar refractivity (Wildman–Crippen MR) is 70.9 cm³/mol. The fourth-order valence-electron chi connectivity index (χ4n) is 2.11. The highest BCUT2D eigenvalue weighted by atomic mass is 79.9. The van der Waals surface area contributed by atoms with Crippen LogP contribution in [0.5, 0.6) is 0 Å². The van der Waals surface area contributed by atoms with Crippen LogP contribution in [-0.2, 0) is 9.53 Å². The van der Waals surface area contributed by atoms with Crippen LogP contribution in [0.25, 0.3) is 0 Å². The van der Waals surface area contributed by atoms with E-state index in [1.165, 1.54) is 7.11 Å². The molecule has 4 heteroatoms. The van der Waals surface area contributed by atoms with Gasteiger partial charge in [-0.05, 0) is 37.1 Å². The number of nitrogens with one attached hydrogen (secondary N) is 1. The Kier molecular flexibility index (Phi) is 3.72. The lowest BCUT2D eigenvalue weighted by atomic mass is 9.68. The number of hydrogen-bond acceptors (Lipinski definition) is 3. The van der Waals surface area contributed by atoms with E-state index in [0.29, 0.717) is 6.54 Å². The molecule has 17 heavy (non-hydrogen) atoms. The summed E-state index contributed by atoms with van der Waals surface area (Å²) in [6.07, 6.45) is 2.95. The van der Waals surface area contributed by atoms with Gasteiger partial charge in [0.25, 0.3) is 0 Å². The summed E-state index contributed by atoms with van der Waals surface area (Å²) < 4.78 is 5.93. The first-order valence-electron chi connectivity index (χ1n) is 5.74. The molecular formula is C13H16BrNO2. The monoisotopic (exact) mass is 297 g/mol. The number of ether oxygens (including phenoxy) is 1. The molecule has 1 fully saturated rings. The summed E-state index contributed by atoms with van der Waals surface area (Å²) in [5, 5.41) is 3.31. The molecule has 1 saturated carbocycles. The Bertz CT molecular complexity index is 398. The zero-order chi connectivity index (χ0) is 12.3. The lowest BCUT2D eigenvalue weighted by molar-refractivity contribution is -0.157. The Morgan fingerprint density at radius 3 is 2.53 bits per heavy atom. The summed E-state index contributed by atoms with van der Waals surface area (Å²) in [5.41, 5.74) is 0.727. The molecule has 0 unspecified atom stereocenters. The van der Waals surface area contributed by atoms with E-state index in [1.807, 2.05) is 24.3 Å². The third kappa shape index (κ3) is 2.63. The smallest absolute Gasteiger partial charge is 0.313 e. The topological polar surface area (TPSA) is 38.3 Å². The van der Waals surface area contributed by atoms with Crippen molar-refractivity contribution in [3.63, 3.8) is 0 Å². The summed E-state index contributed by atoms with van der Waals surface area (Å²) in [6.45, 7) is 0.654. The Morgan fingerprint density at radius 1 is 1.41 bits per heavy atom. The normalized spacial score (nSPS) is 17.1. The van der Waals surface area contributed by atoms with Crippen molar-refractivity contribution in [1.29, 1.82) is 0 Å². The van der Waals surface area contributed by atoms with Crippen molar-refractivity contribution in [3.8, 4) is 0 Å². The van der Waals surface area contributed by atoms with Gasteiger partial charge in [0.1, 0.15) is 0 Å². The minimum absolute atomic E-state index is 0.0895. The van der Waals surface area contributed by atoms with Gasteiger partial charge in [-0.15, -0.1) is 0 Å². The summed E-state index contributed by atoms with van der Waals surface area (Å²) in [4.78, 5) is 11.7. The maximum Gasteiger partial charge on any atom is 0.313 e. The highest BCUT2D eigenvalue weighted by Crippen LogP contribution is 2.42. The summed E-state index contributed by atoms with van der Waals surface area (Å²) in [6, 6.07) is 7.95. The SMILES string of the molecule is COC(=O)C1(CNc2ccc(Br)cc2)CCC1. The van der Waals surface area contributed by atoms with Gasteiger partial charge in [0.05, 0.1) is 12.5 Å². The van der Waals surface area contributed by atoms with Crippen LogP contribution in [0.3, 0.4) is 0 Å². The molecule has 0 radical (unpaired) electrons. The van der Waals surface area contributed by atoms with Crippen LogP contribution in [-0.4, -0.2) is 19.6 Å². The van der Waals surface area contributed by atoms with Crippen LogP contribution in [0.15, 0.2) is 28.7 Å². The second-order valence-corrected chi connectivity index (χ2v) is 5.40. The van der Waals surface area contributed by atoms with Crippen LogP contribution in [0.1, 0.15) is 19.3 Å². The number of benzene rings is 1. The van der Waals surface area contributed by atoms with E-state index >= 15 is 0 Å². The first kappa shape index (κ1) is 12.4. The van der Waals surface area contributed by atoms with Gasteiger partial charge >= 0.3 is 5.97 Å². The van der Waals surface area contributed by atoms with Gasteiger partial charge in [-0.3, -0.25) is 4.79 Å². The van der Waals surface area contributed by atoms with Crippen molar-refractivity contribution in [3.05, 3.63) is 28.7 Å². The van der Waals surface area contributed by atoms with Crippen LogP contribution in [0.2, 0.25) is 0 Å². The summed E-state index contributed by atoms with van der Waals surface area (Å²) in [7, 11) is 1.46. The number of carbonyl (C=O) groups excluding carboxylic acids is 1. The molecule has 0 atom stereocenters. The molecule has 92 valence electrons. The van der Waals surface area contributed by atoms with E-state index in [0.717, 1.165) is 29.4 Å². The highest BCUT2D eigenvalue weighted by molar-refractivity contribution is 9.10. The average molecular weight is 298 g/mol. The van der Waals surface area contributed by atoms with E-state index in [2.05, 4.69) is 21.2 Å². The molecule has 0 aromatic heterocycles. The van der Waals surface area contributed by atoms with Crippen LogP contribution in [0, 0.1) is 5.41 Å². The van der Waals surface area contributed by atoms with E-state index < -0.39 is 0 Å². The zero-order valence-corrected chi connectivity index (χ0v) is 11.4. The molecule has 1 N–H and O–H groups in total. The van der Waals surface area contributed by atoms with Crippen molar-refractivity contribution >= 4 is 27.6 Å². The fraction of sp³-hybridized carbons (Fsp3) is 0.462. The standard InChI is InChI=1S/C13H16BrNO2/c1-17-12(16)13(7-2-8-13)9-15-11-5-3-10(14)4-6-11/h3-6,15H,2,7-9H2,1H3. The number of esters is 1. The van der Waals surface area contributed by atoms with Crippen molar-refractivity contribution in [2.24, 2.45) is 5.41 Å². The van der Waals surface area contributed by atoms with Crippen LogP contribution < -0.4 is 5.32 Å². The number of anilines is 1. The zero-order valence-electron chi connectivity index (χ0n) is 9.83. The van der Waals surface area contributed by atoms with Crippen molar-refractivity contribution in [2.45, 2.75) is 19.3 Å². The maximum absolute atomic E-state index is 11.7. The molecule has 0 bridgehead atoms. The van der Waals surface area contributed by atoms with Gasteiger partial charge < -0.3 is 10.1 Å². The van der Waals surface area contributed by atoms with E-state index in [1.54, 1.807) is 0 Å². The van der Waals surface area contributed by atoms with Gasteiger partial charge in [0, 0.05) is 16.7 Å². The molecule has 0 aliphatic heterocycles. The molecule has 3 nitrogen and oxygen atoms in total. The van der Waals surface area contributed by atoms with Gasteiger partial charge in [0.15, 0.2) is 0 Å². The first-order chi connectivity index (χ1) is 8.16. The number of carbonyl (C=O) groups is 1. The van der Waals surface area contributed by atoms with Crippen molar-refractivity contribution < 1.29 is 9.53 Å². The van der Waals surface area contributed by atoms with Crippen molar-refractivity contribution in [2.75, 3.05) is 19.0 Å². The predicted octanol–water partition coefficient (Wildman–Crippen LogP) is 3.20. The Morgan fingerprint density at radius 2 is 2.06 bits per heavy atom. The fourth-order valence-corrected chi connectivity index (χ4v) is 2.38. The quantitative estimate of drug-likeness (QED) is 0.868. The molecule has 1 aliphatic carbocycles. The van der Waals surface area contributed by atoms with Gasteiger partial charge in [-0.1, -0.05) is 22.4 Å². The highest BCUT2D eigenvalue weighted by Gasteiger charge is 2.45. The van der Waals surface area contributed by atoms with E-state index in [4.69, 9.17) is 4.74 Å². The third-order valence-corrected chi connectivity index (χ3v) is 3.93. The van der Waals surface area contributed by atoms with Gasteiger partial charge in [0.2, 0.25) is 0 Å². The number of hydrogen-bond donors (Lipinski definition) is 1. The Labute approximate surface area is 110 Å². The second kappa shape index (κ2) is 5.08. The number of methoxy groups -OCH3 is 1. The van der Waals surface area contributed by atoms with Crippen LogP contribution in [0.4, 0.5) is 5.69 Å². The molecule has 2 rings (SSSR count). The molecule has 1 aromatic carbocycles.